The summed E-state index contributed by atoms with van der Waals surface area (Å²) >= 11 is 7.45. The van der Waals surface area contributed by atoms with Gasteiger partial charge in [-0.1, -0.05) is 25.4 Å². The molecule has 0 aliphatic heterocycles. The molecule has 124 valence electrons. The van der Waals surface area contributed by atoms with Crippen LogP contribution in [0.15, 0.2) is 22.2 Å². The van der Waals surface area contributed by atoms with E-state index in [1.807, 2.05) is 13.8 Å². The van der Waals surface area contributed by atoms with Crippen LogP contribution in [-0.2, 0) is 11.2 Å². The van der Waals surface area contributed by atoms with E-state index in [0.717, 1.165) is 6.42 Å². The van der Waals surface area contributed by atoms with Crippen molar-refractivity contribution < 1.29 is 9.53 Å². The average Bonchev–Trinajstić information content (AvgIpc) is 2.88. The number of nitrogen functional groups attached to an aromatic ring is 2. The fraction of sp³-hybridized carbons (Fsp3) is 0.357. The summed E-state index contributed by atoms with van der Waals surface area (Å²) in [5, 5.41) is 8.79. The van der Waals surface area contributed by atoms with E-state index in [-0.39, 0.29) is 0 Å². The molecule has 7 nitrogen and oxygen atoms in total. The Labute approximate surface area is 143 Å². The molecule has 0 aliphatic carbocycles. The number of rotatable bonds is 6. The summed E-state index contributed by atoms with van der Waals surface area (Å²) in [4.78, 5) is 12.5. The van der Waals surface area contributed by atoms with Crippen molar-refractivity contribution in [2.75, 3.05) is 18.2 Å². The predicted octanol–water partition coefficient (Wildman–Crippen LogP) is 2.51. The number of nitrogens with two attached hydrogens (primary N) is 2. The van der Waals surface area contributed by atoms with Crippen LogP contribution >= 0.6 is 23.4 Å². The van der Waals surface area contributed by atoms with Crippen LogP contribution in [-0.4, -0.2) is 27.4 Å². The van der Waals surface area contributed by atoms with Crippen LogP contribution in [0, 0.1) is 0 Å². The van der Waals surface area contributed by atoms with Crippen LogP contribution in [0.4, 0.5) is 5.69 Å². The highest BCUT2D eigenvalue weighted by Crippen LogP contribution is 2.37. The Kier molecular flexibility index (Phi) is 5.73. The molecule has 0 atom stereocenters. The zero-order chi connectivity index (χ0) is 17.0. The lowest BCUT2D eigenvalue weighted by Crippen LogP contribution is -2.13. The molecular weight excluding hydrogens is 338 g/mol. The largest absolute Gasteiger partial charge is 0.462 e. The first-order chi connectivity index (χ1) is 11.0. The lowest BCUT2D eigenvalue weighted by Gasteiger charge is -2.10. The van der Waals surface area contributed by atoms with Crippen molar-refractivity contribution >= 4 is 35.0 Å². The quantitative estimate of drug-likeness (QED) is 0.465. The number of anilines is 1. The van der Waals surface area contributed by atoms with Crippen molar-refractivity contribution in [3.05, 3.63) is 28.5 Å². The third-order valence-corrected chi connectivity index (χ3v) is 4.52. The minimum absolute atomic E-state index is 0.314. The van der Waals surface area contributed by atoms with E-state index in [1.165, 1.54) is 28.6 Å². The molecule has 4 N–H and O–H groups in total. The maximum absolute atomic E-state index is 11.9. The highest BCUT2D eigenvalue weighted by atomic mass is 35.5. The van der Waals surface area contributed by atoms with Gasteiger partial charge in [-0.25, -0.2) is 9.47 Å². The highest BCUT2D eigenvalue weighted by Gasteiger charge is 2.17. The fourth-order valence-corrected chi connectivity index (χ4v) is 2.97. The van der Waals surface area contributed by atoms with Crippen molar-refractivity contribution in [3.63, 3.8) is 0 Å². The van der Waals surface area contributed by atoms with E-state index in [1.54, 1.807) is 0 Å². The zero-order valence-corrected chi connectivity index (χ0v) is 14.4. The number of nitrogens with zero attached hydrogens (tertiary/aromatic N) is 3. The summed E-state index contributed by atoms with van der Waals surface area (Å²) in [5.41, 5.74) is 6.68. The molecule has 0 saturated carbocycles. The Balaban J connectivity index is 2.26. The molecule has 1 heterocycles. The maximum Gasteiger partial charge on any atom is 0.338 e. The molecule has 0 unspecified atom stereocenters. The lowest BCUT2D eigenvalue weighted by molar-refractivity contribution is 0.0505. The summed E-state index contributed by atoms with van der Waals surface area (Å²) in [5.74, 6) is 6.11. The lowest BCUT2D eigenvalue weighted by atomic mass is 10.2. The van der Waals surface area contributed by atoms with E-state index >= 15 is 0 Å². The second-order valence-electron chi connectivity index (χ2n) is 4.74. The first kappa shape index (κ1) is 17.4. The van der Waals surface area contributed by atoms with Gasteiger partial charge in [0.05, 0.1) is 22.1 Å². The van der Waals surface area contributed by atoms with E-state index in [4.69, 9.17) is 27.9 Å². The number of esters is 1. The zero-order valence-electron chi connectivity index (χ0n) is 12.9. The van der Waals surface area contributed by atoms with Gasteiger partial charge in [0.2, 0.25) is 5.16 Å². The Hall–Kier alpha value is -1.93. The topological polar surface area (TPSA) is 109 Å². The van der Waals surface area contributed by atoms with Crippen molar-refractivity contribution in [1.82, 2.24) is 14.9 Å². The molecule has 1 aromatic carbocycles. The number of aromatic nitrogens is 3. The molecule has 0 aliphatic rings. The summed E-state index contributed by atoms with van der Waals surface area (Å²) in [6.45, 7) is 4.20. The molecule has 9 heteroatoms. The Morgan fingerprint density at radius 3 is 2.70 bits per heavy atom. The highest BCUT2D eigenvalue weighted by molar-refractivity contribution is 7.99. The molecule has 0 fully saturated rings. The second kappa shape index (κ2) is 7.56. The number of carbonyl (C=O) groups excluding carboxylic acids is 1. The number of hydrogen-bond donors (Lipinski definition) is 2. The summed E-state index contributed by atoms with van der Waals surface area (Å²) in [6.07, 6.45) is 1.41. The van der Waals surface area contributed by atoms with Gasteiger partial charge in [-0.2, -0.15) is 0 Å². The molecule has 23 heavy (non-hydrogen) atoms. The number of aryl methyl sites for hydroxylation is 1. The number of halogens is 1. The minimum Gasteiger partial charge on any atom is -0.462 e. The number of benzene rings is 1. The SMILES string of the molecule is CCCOC(=O)c1cc(N)c(Sc2nnc(CC)n2N)c(Cl)c1. The average molecular weight is 356 g/mol. The Morgan fingerprint density at radius 1 is 1.39 bits per heavy atom. The van der Waals surface area contributed by atoms with Crippen LogP contribution in [0.5, 0.6) is 0 Å². The number of ether oxygens (including phenoxy) is 1. The third kappa shape index (κ3) is 3.89. The normalized spacial score (nSPS) is 10.7. The van der Waals surface area contributed by atoms with Gasteiger partial charge in [0.25, 0.3) is 0 Å². The maximum atomic E-state index is 11.9. The fourth-order valence-electron chi connectivity index (χ4n) is 1.83. The summed E-state index contributed by atoms with van der Waals surface area (Å²) in [6, 6.07) is 3.06. The van der Waals surface area contributed by atoms with Gasteiger partial charge >= 0.3 is 5.97 Å². The first-order valence-electron chi connectivity index (χ1n) is 7.11. The monoisotopic (exact) mass is 355 g/mol. The van der Waals surface area contributed by atoms with Crippen molar-refractivity contribution in [1.29, 1.82) is 0 Å². The van der Waals surface area contributed by atoms with Gasteiger partial charge in [0, 0.05) is 12.1 Å². The van der Waals surface area contributed by atoms with Gasteiger partial charge in [-0.05, 0) is 30.3 Å². The van der Waals surface area contributed by atoms with Gasteiger partial charge < -0.3 is 16.3 Å². The molecule has 0 saturated heterocycles. The first-order valence-corrected chi connectivity index (χ1v) is 8.30. The second-order valence-corrected chi connectivity index (χ2v) is 6.12. The van der Waals surface area contributed by atoms with E-state index in [2.05, 4.69) is 10.2 Å². The van der Waals surface area contributed by atoms with Gasteiger partial charge in [-0.3, -0.25) is 0 Å². The van der Waals surface area contributed by atoms with E-state index < -0.39 is 5.97 Å². The summed E-state index contributed by atoms with van der Waals surface area (Å²) < 4.78 is 6.47. The minimum atomic E-state index is -0.452. The Bertz CT molecular complexity index is 696. The van der Waals surface area contributed by atoms with Crippen LogP contribution in [0.2, 0.25) is 5.02 Å². The van der Waals surface area contributed by atoms with Gasteiger partial charge in [0.15, 0.2) is 5.82 Å². The molecule has 1 aromatic heterocycles. The predicted molar refractivity (Wildman–Crippen MR) is 90.1 cm³/mol. The molecular formula is C14H18ClN5O2S. The van der Waals surface area contributed by atoms with Crippen LogP contribution in [0.25, 0.3) is 0 Å². The van der Waals surface area contributed by atoms with Crippen LogP contribution < -0.4 is 11.6 Å². The standard InChI is InChI=1S/C14H18ClN5O2S/c1-3-5-22-13(21)8-6-9(15)12(10(16)7-8)23-14-19-18-11(4-2)20(14)17/h6-7H,3-5,16-17H2,1-2H3. The van der Waals surface area contributed by atoms with Gasteiger partial charge in [-0.15, -0.1) is 10.2 Å². The molecule has 0 radical (unpaired) electrons. The molecule has 0 bridgehead atoms. The number of carbonyl (C=O) groups is 1. The molecule has 2 rings (SSSR count). The van der Waals surface area contributed by atoms with Crippen molar-refractivity contribution in [3.8, 4) is 0 Å². The molecule has 0 spiro atoms. The van der Waals surface area contributed by atoms with Crippen LogP contribution in [0.1, 0.15) is 36.5 Å². The smallest absolute Gasteiger partial charge is 0.338 e. The van der Waals surface area contributed by atoms with Crippen molar-refractivity contribution in [2.45, 2.75) is 36.7 Å². The van der Waals surface area contributed by atoms with E-state index in [0.29, 0.717) is 45.2 Å². The molecule has 0 amide bonds. The third-order valence-electron chi connectivity index (χ3n) is 2.99. The van der Waals surface area contributed by atoms with Crippen molar-refractivity contribution in [2.24, 2.45) is 0 Å². The Morgan fingerprint density at radius 2 is 2.13 bits per heavy atom. The van der Waals surface area contributed by atoms with Crippen LogP contribution in [0.3, 0.4) is 0 Å². The van der Waals surface area contributed by atoms with Gasteiger partial charge in [0.1, 0.15) is 0 Å². The summed E-state index contributed by atoms with van der Waals surface area (Å²) in [7, 11) is 0. The van der Waals surface area contributed by atoms with E-state index in [9.17, 15) is 4.79 Å². The number of hydrogen-bond acceptors (Lipinski definition) is 7. The molecule has 2 aromatic rings.